The summed E-state index contributed by atoms with van der Waals surface area (Å²) in [6, 6.07) is 0.863. The number of rotatable bonds is 11. The molecule has 0 saturated heterocycles. The Morgan fingerprint density at radius 2 is 1.81 bits per heavy atom. The molecule has 0 unspecified atom stereocenters. The van der Waals surface area contributed by atoms with Crippen LogP contribution >= 0.6 is 0 Å². The van der Waals surface area contributed by atoms with E-state index in [9.17, 15) is 0 Å². The molecule has 3 nitrogen and oxygen atoms in total. The van der Waals surface area contributed by atoms with E-state index in [2.05, 4.69) is 24.3 Å². The summed E-state index contributed by atoms with van der Waals surface area (Å²) in [4.78, 5) is 2.20. The molecule has 0 aliphatic heterocycles. The van der Waals surface area contributed by atoms with E-state index in [4.69, 9.17) is 4.74 Å². The van der Waals surface area contributed by atoms with Crippen molar-refractivity contribution in [1.82, 2.24) is 10.2 Å². The normalized spacial score (nSPS) is 15.9. The van der Waals surface area contributed by atoms with Crippen LogP contribution < -0.4 is 5.32 Å². The van der Waals surface area contributed by atoms with Gasteiger partial charge in [-0.05, 0) is 65.7 Å². The van der Waals surface area contributed by atoms with Gasteiger partial charge in [0.2, 0.25) is 0 Å². The first-order valence-corrected chi connectivity index (χ1v) is 6.75. The molecule has 1 fully saturated rings. The highest BCUT2D eigenvalue weighted by molar-refractivity contribution is 4.80. The fraction of sp³-hybridized carbons (Fsp3) is 1.00. The lowest BCUT2D eigenvalue weighted by atomic mass is 10.2. The maximum absolute atomic E-state index is 5.58. The zero-order chi connectivity index (χ0) is 11.6. The van der Waals surface area contributed by atoms with Crippen molar-refractivity contribution in [1.29, 1.82) is 0 Å². The summed E-state index contributed by atoms with van der Waals surface area (Å²) in [5, 5.41) is 3.53. The number of hydrogen-bond acceptors (Lipinski definition) is 3. The number of hydrogen-bond donors (Lipinski definition) is 1. The molecule has 3 heteroatoms. The fourth-order valence-electron chi connectivity index (χ4n) is 1.68. The van der Waals surface area contributed by atoms with Gasteiger partial charge in [0.05, 0.1) is 0 Å². The highest BCUT2D eigenvalue weighted by Crippen LogP contribution is 2.18. The van der Waals surface area contributed by atoms with Crippen molar-refractivity contribution in [2.24, 2.45) is 0 Å². The van der Waals surface area contributed by atoms with Crippen LogP contribution in [0, 0.1) is 0 Å². The average molecular weight is 228 g/mol. The number of ether oxygens (including phenoxy) is 1. The van der Waals surface area contributed by atoms with Crippen molar-refractivity contribution >= 4 is 0 Å². The van der Waals surface area contributed by atoms with Crippen LogP contribution in [0.1, 0.15) is 38.5 Å². The van der Waals surface area contributed by atoms with E-state index in [1.54, 1.807) is 0 Å². The molecular weight excluding hydrogens is 200 g/mol. The predicted molar refractivity (Wildman–Crippen MR) is 68.9 cm³/mol. The van der Waals surface area contributed by atoms with Gasteiger partial charge in [0, 0.05) is 19.3 Å². The van der Waals surface area contributed by atoms with Gasteiger partial charge in [-0.15, -0.1) is 0 Å². The fourth-order valence-corrected chi connectivity index (χ4v) is 1.68. The van der Waals surface area contributed by atoms with Crippen molar-refractivity contribution < 1.29 is 4.74 Å². The maximum atomic E-state index is 5.58. The zero-order valence-corrected chi connectivity index (χ0v) is 11.0. The van der Waals surface area contributed by atoms with E-state index in [1.165, 1.54) is 38.6 Å². The van der Waals surface area contributed by atoms with Gasteiger partial charge in [-0.3, -0.25) is 0 Å². The van der Waals surface area contributed by atoms with Gasteiger partial charge in [0.15, 0.2) is 0 Å². The second-order valence-corrected chi connectivity index (χ2v) is 5.06. The number of unbranched alkanes of at least 4 members (excludes halogenated alkanes) is 2. The second kappa shape index (κ2) is 8.97. The highest BCUT2D eigenvalue weighted by atomic mass is 16.5. The summed E-state index contributed by atoms with van der Waals surface area (Å²) in [7, 11) is 4.21. The van der Waals surface area contributed by atoms with Gasteiger partial charge in [-0.1, -0.05) is 0 Å². The molecule has 0 atom stereocenters. The summed E-state index contributed by atoms with van der Waals surface area (Å²) >= 11 is 0. The molecule has 0 aromatic heterocycles. The van der Waals surface area contributed by atoms with Crippen molar-refractivity contribution in [3.05, 3.63) is 0 Å². The molecule has 1 rings (SSSR count). The van der Waals surface area contributed by atoms with E-state index in [1.807, 2.05) is 0 Å². The second-order valence-electron chi connectivity index (χ2n) is 5.06. The summed E-state index contributed by atoms with van der Waals surface area (Å²) in [6.07, 6.45) is 7.76. The Hall–Kier alpha value is -0.120. The molecule has 0 heterocycles. The van der Waals surface area contributed by atoms with Crippen LogP contribution in [0.5, 0.6) is 0 Å². The minimum Gasteiger partial charge on any atom is -0.381 e. The van der Waals surface area contributed by atoms with Gasteiger partial charge in [0.25, 0.3) is 0 Å². The molecule has 1 aliphatic carbocycles. The van der Waals surface area contributed by atoms with Crippen LogP contribution in [0.15, 0.2) is 0 Å². The van der Waals surface area contributed by atoms with E-state index < -0.39 is 0 Å². The zero-order valence-electron chi connectivity index (χ0n) is 11.0. The van der Waals surface area contributed by atoms with Crippen molar-refractivity contribution in [3.63, 3.8) is 0 Å². The van der Waals surface area contributed by atoms with Crippen molar-refractivity contribution in [3.8, 4) is 0 Å². The molecule has 0 aromatic carbocycles. The molecule has 0 bridgehead atoms. The Labute approximate surface area is 101 Å². The van der Waals surface area contributed by atoms with Crippen molar-refractivity contribution in [2.45, 2.75) is 44.6 Å². The summed E-state index contributed by atoms with van der Waals surface area (Å²) < 4.78 is 5.58. The molecular formula is C13H28N2O. The van der Waals surface area contributed by atoms with Gasteiger partial charge >= 0.3 is 0 Å². The largest absolute Gasteiger partial charge is 0.381 e. The van der Waals surface area contributed by atoms with Crippen molar-refractivity contribution in [2.75, 3.05) is 40.4 Å². The maximum Gasteiger partial charge on any atom is 0.0478 e. The molecule has 0 spiro atoms. The van der Waals surface area contributed by atoms with Crippen LogP contribution in [0.3, 0.4) is 0 Å². The van der Waals surface area contributed by atoms with E-state index in [-0.39, 0.29) is 0 Å². The SMILES string of the molecule is CN(C)CCCOCCCCCNC1CC1. The lowest BCUT2D eigenvalue weighted by Crippen LogP contribution is -2.17. The molecule has 0 radical (unpaired) electrons. The Kier molecular flexibility index (Phi) is 7.81. The molecule has 1 saturated carbocycles. The summed E-state index contributed by atoms with van der Waals surface area (Å²) in [5.74, 6) is 0. The third kappa shape index (κ3) is 9.13. The van der Waals surface area contributed by atoms with E-state index in [0.717, 1.165) is 32.2 Å². The molecule has 1 aliphatic rings. The van der Waals surface area contributed by atoms with Gasteiger partial charge in [0.1, 0.15) is 0 Å². The Morgan fingerprint density at radius 1 is 1.06 bits per heavy atom. The molecule has 96 valence electrons. The number of nitrogens with one attached hydrogen (secondary N) is 1. The number of nitrogens with zero attached hydrogens (tertiary/aromatic N) is 1. The van der Waals surface area contributed by atoms with Crippen LogP contribution in [-0.2, 0) is 4.74 Å². The monoisotopic (exact) mass is 228 g/mol. The van der Waals surface area contributed by atoms with Crippen LogP contribution in [0.2, 0.25) is 0 Å². The topological polar surface area (TPSA) is 24.5 Å². The smallest absolute Gasteiger partial charge is 0.0478 e. The van der Waals surface area contributed by atoms with E-state index in [0.29, 0.717) is 0 Å². The third-order valence-corrected chi connectivity index (χ3v) is 2.87. The average Bonchev–Trinajstić information content (AvgIpc) is 3.04. The summed E-state index contributed by atoms with van der Waals surface area (Å²) in [5.41, 5.74) is 0. The predicted octanol–water partition coefficient (Wildman–Crippen LogP) is 1.88. The molecule has 0 aromatic rings. The minimum absolute atomic E-state index is 0.863. The highest BCUT2D eigenvalue weighted by Gasteiger charge is 2.19. The van der Waals surface area contributed by atoms with Gasteiger partial charge < -0.3 is 15.0 Å². The third-order valence-electron chi connectivity index (χ3n) is 2.87. The first-order chi connectivity index (χ1) is 7.79. The lowest BCUT2D eigenvalue weighted by Gasteiger charge is -2.09. The minimum atomic E-state index is 0.863. The Bertz CT molecular complexity index is 148. The van der Waals surface area contributed by atoms with Crippen LogP contribution in [0.4, 0.5) is 0 Å². The summed E-state index contributed by atoms with van der Waals surface area (Å²) in [6.45, 7) is 4.19. The van der Waals surface area contributed by atoms with Crippen LogP contribution in [-0.4, -0.2) is 51.3 Å². The molecule has 16 heavy (non-hydrogen) atoms. The van der Waals surface area contributed by atoms with E-state index >= 15 is 0 Å². The quantitative estimate of drug-likeness (QED) is 0.546. The van der Waals surface area contributed by atoms with Gasteiger partial charge in [-0.25, -0.2) is 0 Å². The lowest BCUT2D eigenvalue weighted by molar-refractivity contribution is 0.122. The first-order valence-electron chi connectivity index (χ1n) is 6.75. The van der Waals surface area contributed by atoms with Gasteiger partial charge in [-0.2, -0.15) is 0 Å². The standard InChI is InChI=1S/C13H28N2O/c1-15(2)10-6-12-16-11-5-3-4-9-14-13-7-8-13/h13-14H,3-12H2,1-2H3. The Balaban J connectivity index is 1.64. The molecule has 0 amide bonds. The van der Waals surface area contributed by atoms with Crippen LogP contribution in [0.25, 0.3) is 0 Å². The first kappa shape index (κ1) is 13.9. The molecule has 1 N–H and O–H groups in total. The Morgan fingerprint density at radius 3 is 2.50 bits per heavy atom.